The van der Waals surface area contributed by atoms with E-state index in [9.17, 15) is 8.78 Å². The quantitative estimate of drug-likeness (QED) is 0.769. The molecule has 6 heteroatoms. The number of hydrogen-bond donors (Lipinski definition) is 0. The van der Waals surface area contributed by atoms with Crippen LogP contribution in [0.15, 0.2) is 10.7 Å². The Morgan fingerprint density at radius 1 is 1.62 bits per heavy atom. The summed E-state index contributed by atoms with van der Waals surface area (Å²) in [6.45, 7) is 0. The molecule has 0 atom stereocenters. The van der Waals surface area contributed by atoms with Gasteiger partial charge in [-0.15, -0.1) is 0 Å². The average Bonchev–Trinajstić information content (AvgIpc) is 2.08. The van der Waals surface area contributed by atoms with Crippen molar-refractivity contribution in [3.63, 3.8) is 0 Å². The molecule has 0 spiro atoms. The Bertz CT molecular complexity index is 322. The van der Waals surface area contributed by atoms with Crippen molar-refractivity contribution >= 4 is 27.5 Å². The van der Waals surface area contributed by atoms with Crippen LogP contribution < -0.4 is 4.74 Å². The number of alkyl halides is 2. The maximum Gasteiger partial charge on any atom is 0.284 e. The largest absolute Gasteiger partial charge is 0.495 e. The standard InChI is InChI=1S/C7H5BrClF2NO/c1-13-4-2-3(9)6(8)12-5(4)7(10)11/h2,7H,1H3. The van der Waals surface area contributed by atoms with Gasteiger partial charge < -0.3 is 4.74 Å². The Hall–Kier alpha value is -0.420. The minimum atomic E-state index is -2.68. The first-order valence-electron chi connectivity index (χ1n) is 3.24. The van der Waals surface area contributed by atoms with Crippen LogP contribution in [0.2, 0.25) is 5.02 Å². The monoisotopic (exact) mass is 271 g/mol. The van der Waals surface area contributed by atoms with Gasteiger partial charge in [-0.05, 0) is 15.9 Å². The molecule has 1 aromatic heterocycles. The number of hydrogen-bond acceptors (Lipinski definition) is 2. The van der Waals surface area contributed by atoms with Gasteiger partial charge in [0.25, 0.3) is 6.43 Å². The van der Waals surface area contributed by atoms with Crippen LogP contribution in [0.3, 0.4) is 0 Å². The average molecular weight is 272 g/mol. The molecule has 0 saturated heterocycles. The summed E-state index contributed by atoms with van der Waals surface area (Å²) in [6, 6.07) is 1.29. The van der Waals surface area contributed by atoms with Gasteiger partial charge in [0.1, 0.15) is 16.0 Å². The van der Waals surface area contributed by atoms with E-state index in [1.54, 1.807) is 0 Å². The van der Waals surface area contributed by atoms with Crippen LogP contribution in [0.5, 0.6) is 5.75 Å². The summed E-state index contributed by atoms with van der Waals surface area (Å²) < 4.78 is 29.5. The topological polar surface area (TPSA) is 22.1 Å². The van der Waals surface area contributed by atoms with E-state index in [-0.39, 0.29) is 15.4 Å². The fourth-order valence-corrected chi connectivity index (χ4v) is 1.23. The van der Waals surface area contributed by atoms with E-state index < -0.39 is 12.1 Å². The fraction of sp³-hybridized carbons (Fsp3) is 0.286. The first kappa shape index (κ1) is 10.7. The molecule has 0 aliphatic rings. The highest BCUT2D eigenvalue weighted by Gasteiger charge is 2.17. The van der Waals surface area contributed by atoms with E-state index in [1.165, 1.54) is 13.2 Å². The number of ether oxygens (including phenoxy) is 1. The van der Waals surface area contributed by atoms with Crippen molar-refractivity contribution in [3.8, 4) is 5.75 Å². The van der Waals surface area contributed by atoms with Gasteiger partial charge in [0, 0.05) is 6.07 Å². The number of methoxy groups -OCH3 is 1. The van der Waals surface area contributed by atoms with Gasteiger partial charge >= 0.3 is 0 Å². The lowest BCUT2D eigenvalue weighted by Crippen LogP contribution is -1.97. The molecule has 0 bridgehead atoms. The van der Waals surface area contributed by atoms with Gasteiger partial charge in [0.2, 0.25) is 0 Å². The summed E-state index contributed by atoms with van der Waals surface area (Å²) in [5, 5.41) is 0.237. The Labute approximate surface area is 87.0 Å². The molecule has 0 unspecified atom stereocenters. The van der Waals surface area contributed by atoms with E-state index in [1.807, 2.05) is 0 Å². The molecule has 0 amide bonds. The van der Waals surface area contributed by atoms with Gasteiger partial charge in [-0.25, -0.2) is 13.8 Å². The molecule has 1 rings (SSSR count). The predicted octanol–water partition coefficient (Wildman–Crippen LogP) is 3.44. The van der Waals surface area contributed by atoms with Gasteiger partial charge in [-0.1, -0.05) is 11.6 Å². The molecule has 0 radical (unpaired) electrons. The lowest BCUT2D eigenvalue weighted by atomic mass is 10.3. The van der Waals surface area contributed by atoms with E-state index in [0.717, 1.165) is 0 Å². The smallest absolute Gasteiger partial charge is 0.284 e. The second kappa shape index (κ2) is 4.19. The Morgan fingerprint density at radius 2 is 2.23 bits per heavy atom. The third kappa shape index (κ3) is 2.28. The van der Waals surface area contributed by atoms with Crippen LogP contribution in [0.1, 0.15) is 12.1 Å². The van der Waals surface area contributed by atoms with Crippen molar-refractivity contribution < 1.29 is 13.5 Å². The second-order valence-corrected chi connectivity index (χ2v) is 3.31. The minimum Gasteiger partial charge on any atom is -0.495 e. The zero-order valence-corrected chi connectivity index (χ0v) is 8.86. The highest BCUT2D eigenvalue weighted by Crippen LogP contribution is 2.32. The first-order valence-corrected chi connectivity index (χ1v) is 4.41. The zero-order valence-electron chi connectivity index (χ0n) is 6.52. The van der Waals surface area contributed by atoms with E-state index in [2.05, 4.69) is 20.9 Å². The van der Waals surface area contributed by atoms with E-state index >= 15 is 0 Å². The van der Waals surface area contributed by atoms with E-state index in [4.69, 9.17) is 16.3 Å². The third-order valence-electron chi connectivity index (χ3n) is 1.35. The molecule has 0 N–H and O–H groups in total. The van der Waals surface area contributed by atoms with Gasteiger partial charge in [-0.3, -0.25) is 0 Å². The number of rotatable bonds is 2. The maximum atomic E-state index is 12.3. The van der Waals surface area contributed by atoms with Crippen molar-refractivity contribution in [3.05, 3.63) is 21.4 Å². The third-order valence-corrected chi connectivity index (χ3v) is 2.47. The molecule has 13 heavy (non-hydrogen) atoms. The summed E-state index contributed by atoms with van der Waals surface area (Å²) >= 11 is 8.58. The highest BCUT2D eigenvalue weighted by atomic mass is 79.9. The number of halogens is 4. The van der Waals surface area contributed by atoms with Crippen molar-refractivity contribution in [1.82, 2.24) is 4.98 Å². The van der Waals surface area contributed by atoms with Gasteiger partial charge in [-0.2, -0.15) is 0 Å². The molecule has 1 aromatic rings. The first-order chi connectivity index (χ1) is 6.06. The second-order valence-electron chi connectivity index (χ2n) is 2.15. The lowest BCUT2D eigenvalue weighted by molar-refractivity contribution is 0.141. The molecular weight excluding hydrogens is 267 g/mol. The van der Waals surface area contributed by atoms with Crippen molar-refractivity contribution in [1.29, 1.82) is 0 Å². The van der Waals surface area contributed by atoms with Crippen LogP contribution in [0.4, 0.5) is 8.78 Å². The van der Waals surface area contributed by atoms with Gasteiger partial charge in [0.15, 0.2) is 0 Å². The maximum absolute atomic E-state index is 12.3. The molecule has 0 saturated carbocycles. The molecule has 0 aromatic carbocycles. The summed E-state index contributed by atoms with van der Waals surface area (Å²) in [5.74, 6) is -0.0109. The molecule has 2 nitrogen and oxygen atoms in total. The van der Waals surface area contributed by atoms with Crippen LogP contribution in [0, 0.1) is 0 Å². The molecule has 0 aliphatic heterocycles. The Kier molecular flexibility index (Phi) is 3.44. The molecule has 1 heterocycles. The van der Waals surface area contributed by atoms with Crippen molar-refractivity contribution in [2.24, 2.45) is 0 Å². The minimum absolute atomic E-state index is 0.0109. The summed E-state index contributed by atoms with van der Waals surface area (Å²) in [7, 11) is 1.28. The Morgan fingerprint density at radius 3 is 2.69 bits per heavy atom. The summed E-state index contributed by atoms with van der Waals surface area (Å²) in [6.07, 6.45) is -2.68. The van der Waals surface area contributed by atoms with Crippen LogP contribution in [-0.4, -0.2) is 12.1 Å². The highest BCUT2D eigenvalue weighted by molar-refractivity contribution is 9.10. The predicted molar refractivity (Wildman–Crippen MR) is 48.5 cm³/mol. The SMILES string of the molecule is COc1cc(Cl)c(Br)nc1C(F)F. The molecule has 0 fully saturated rings. The molecular formula is C7H5BrClF2NO. The normalized spacial score (nSPS) is 10.6. The zero-order chi connectivity index (χ0) is 10.0. The summed E-state index contributed by atoms with van der Waals surface area (Å²) in [5.41, 5.74) is -0.418. The van der Waals surface area contributed by atoms with Crippen molar-refractivity contribution in [2.75, 3.05) is 7.11 Å². The van der Waals surface area contributed by atoms with Crippen molar-refractivity contribution in [2.45, 2.75) is 6.43 Å². The summed E-state index contributed by atoms with van der Waals surface area (Å²) in [4.78, 5) is 3.55. The number of pyridine rings is 1. The number of aromatic nitrogens is 1. The lowest BCUT2D eigenvalue weighted by Gasteiger charge is -2.07. The van der Waals surface area contributed by atoms with E-state index in [0.29, 0.717) is 0 Å². The Balaban J connectivity index is 3.25. The number of nitrogens with zero attached hydrogens (tertiary/aromatic N) is 1. The molecule has 0 aliphatic carbocycles. The molecule has 72 valence electrons. The fourth-order valence-electron chi connectivity index (χ4n) is 0.783. The van der Waals surface area contributed by atoms with Crippen LogP contribution >= 0.6 is 27.5 Å². The van der Waals surface area contributed by atoms with Gasteiger partial charge in [0.05, 0.1) is 12.1 Å². The van der Waals surface area contributed by atoms with Crippen LogP contribution in [-0.2, 0) is 0 Å². The van der Waals surface area contributed by atoms with Crippen LogP contribution in [0.25, 0.3) is 0 Å².